The van der Waals surface area contributed by atoms with E-state index in [9.17, 15) is 19.2 Å². The number of pyridine rings is 1. The number of benzene rings is 2. The van der Waals surface area contributed by atoms with Crippen molar-refractivity contribution in [2.75, 3.05) is 14.1 Å². The van der Waals surface area contributed by atoms with E-state index >= 15 is 0 Å². The average molecular weight is 422 g/mol. The van der Waals surface area contributed by atoms with Crippen molar-refractivity contribution in [2.24, 2.45) is 0 Å². The van der Waals surface area contributed by atoms with E-state index in [1.165, 1.54) is 0 Å². The number of hydrogen-bond acceptors (Lipinski definition) is 4. The van der Waals surface area contributed by atoms with Crippen molar-refractivity contribution >= 4 is 17.8 Å². The van der Waals surface area contributed by atoms with Gasteiger partial charge >= 0.3 is 11.9 Å². The van der Waals surface area contributed by atoms with Gasteiger partial charge in [-0.2, -0.15) is 0 Å². The summed E-state index contributed by atoms with van der Waals surface area (Å²) >= 11 is 0. The first-order chi connectivity index (χ1) is 14.7. The molecule has 3 N–H and O–H groups in total. The number of carboxylic acids is 2. The molecule has 0 spiro atoms. The fourth-order valence-corrected chi connectivity index (χ4v) is 2.80. The molecule has 0 bridgehead atoms. The average Bonchev–Trinajstić information content (AvgIpc) is 2.75. The lowest BCUT2D eigenvalue weighted by Crippen LogP contribution is -2.28. The van der Waals surface area contributed by atoms with Gasteiger partial charge in [0.1, 0.15) is 11.4 Å². The highest BCUT2D eigenvalue weighted by molar-refractivity contribution is 5.89. The molecule has 2 aromatic carbocycles. The number of amides is 1. The van der Waals surface area contributed by atoms with E-state index in [2.05, 4.69) is 4.98 Å². The van der Waals surface area contributed by atoms with E-state index in [-0.39, 0.29) is 11.8 Å². The van der Waals surface area contributed by atoms with Crippen LogP contribution in [0.1, 0.15) is 38.0 Å². The van der Waals surface area contributed by atoms with Crippen molar-refractivity contribution < 1.29 is 24.6 Å². The number of likely N-dealkylation sites (N-methyl/N-ethyl adjacent to an activating group) is 1. The Morgan fingerprint density at radius 1 is 0.774 bits per heavy atom. The molecule has 1 amide bonds. The van der Waals surface area contributed by atoms with Crippen LogP contribution >= 0.6 is 0 Å². The minimum absolute atomic E-state index is 0.104. The van der Waals surface area contributed by atoms with Crippen molar-refractivity contribution in [2.45, 2.75) is 5.92 Å². The van der Waals surface area contributed by atoms with Crippen molar-refractivity contribution in [3.05, 3.63) is 106 Å². The minimum Gasteiger partial charge on any atom is -0.477 e. The molecule has 0 aliphatic rings. The molecule has 0 saturated carbocycles. The lowest BCUT2D eigenvalue weighted by molar-refractivity contribution is -0.129. The Bertz CT molecular complexity index is 1030. The topological polar surface area (TPSA) is 128 Å². The largest absolute Gasteiger partial charge is 0.477 e. The van der Waals surface area contributed by atoms with Crippen LogP contribution in [0.3, 0.4) is 0 Å². The lowest BCUT2D eigenvalue weighted by atomic mass is 9.90. The van der Waals surface area contributed by atoms with E-state index < -0.39 is 28.8 Å². The second-order valence-electron chi connectivity index (χ2n) is 6.74. The molecular weight excluding hydrogens is 400 g/mol. The molecule has 1 heterocycles. The Morgan fingerprint density at radius 2 is 1.16 bits per heavy atom. The van der Waals surface area contributed by atoms with E-state index in [1.54, 1.807) is 19.0 Å². The summed E-state index contributed by atoms with van der Waals surface area (Å²) in [6, 6.07) is 21.4. The number of aromatic carboxylic acids is 2. The predicted molar refractivity (Wildman–Crippen MR) is 114 cm³/mol. The smallest absolute Gasteiger partial charge is 0.352 e. The molecular formula is C23H22N2O6. The van der Waals surface area contributed by atoms with Crippen LogP contribution < -0.4 is 5.43 Å². The van der Waals surface area contributed by atoms with E-state index in [0.717, 1.165) is 23.3 Å². The molecule has 160 valence electrons. The zero-order chi connectivity index (χ0) is 23.0. The molecule has 0 aliphatic carbocycles. The molecule has 8 heteroatoms. The van der Waals surface area contributed by atoms with Gasteiger partial charge in [0.15, 0.2) is 5.43 Å². The van der Waals surface area contributed by atoms with E-state index in [4.69, 9.17) is 10.2 Å². The second-order valence-corrected chi connectivity index (χ2v) is 6.74. The Balaban J connectivity index is 0.000000233. The maximum absolute atomic E-state index is 12.4. The van der Waals surface area contributed by atoms with Crippen LogP contribution in [0.5, 0.6) is 0 Å². The number of nitrogens with one attached hydrogen (secondary N) is 1. The van der Waals surface area contributed by atoms with Gasteiger partial charge in [0, 0.05) is 26.2 Å². The Kier molecular flexibility index (Phi) is 7.85. The Morgan fingerprint density at radius 3 is 1.48 bits per heavy atom. The van der Waals surface area contributed by atoms with Crippen LogP contribution in [-0.2, 0) is 4.79 Å². The van der Waals surface area contributed by atoms with E-state index in [1.807, 2.05) is 60.7 Å². The highest BCUT2D eigenvalue weighted by Gasteiger charge is 2.23. The standard InChI is InChI=1S/C16H17NO.C7H5NO5/c1-17(2)16(18)15(13-9-5-3-6-10-13)14-11-7-4-8-12-14;9-3-1-4(6(10)11)8-5(2-3)7(12)13/h3-12,15H,1-2H3;1-2H,(H,8,9)(H,10,11)(H,12,13). The predicted octanol–water partition coefficient (Wildman–Crippen LogP) is 2.68. The number of aromatic amines is 1. The van der Waals surface area contributed by atoms with Gasteiger partial charge in [0.25, 0.3) is 0 Å². The van der Waals surface area contributed by atoms with Crippen LogP contribution in [0.15, 0.2) is 77.6 Å². The summed E-state index contributed by atoms with van der Waals surface area (Å²) < 4.78 is 0. The molecule has 0 aliphatic heterocycles. The molecule has 0 radical (unpaired) electrons. The first-order valence-electron chi connectivity index (χ1n) is 9.22. The summed E-state index contributed by atoms with van der Waals surface area (Å²) in [5, 5.41) is 16.9. The van der Waals surface area contributed by atoms with Crippen molar-refractivity contribution in [1.82, 2.24) is 9.88 Å². The van der Waals surface area contributed by atoms with Crippen LogP contribution in [0.25, 0.3) is 0 Å². The normalized spacial score (nSPS) is 10.0. The second kappa shape index (κ2) is 10.5. The third-order valence-electron chi connectivity index (χ3n) is 4.26. The number of carboxylic acid groups (broad SMARTS) is 2. The van der Waals surface area contributed by atoms with Gasteiger partial charge in [-0.3, -0.25) is 9.59 Å². The Labute approximate surface area is 178 Å². The molecule has 31 heavy (non-hydrogen) atoms. The van der Waals surface area contributed by atoms with Gasteiger partial charge in [0.05, 0.1) is 5.92 Å². The van der Waals surface area contributed by atoms with Gasteiger partial charge in [-0.25, -0.2) is 9.59 Å². The summed E-state index contributed by atoms with van der Waals surface area (Å²) in [4.78, 5) is 47.6. The molecule has 0 fully saturated rings. The molecule has 0 unspecified atom stereocenters. The number of aromatic nitrogens is 1. The summed E-state index contributed by atoms with van der Waals surface area (Å²) in [5.74, 6) is -2.87. The van der Waals surface area contributed by atoms with Gasteiger partial charge in [-0.1, -0.05) is 60.7 Å². The number of hydrogen-bond donors (Lipinski definition) is 3. The van der Waals surface area contributed by atoms with Crippen LogP contribution in [0, 0.1) is 0 Å². The van der Waals surface area contributed by atoms with E-state index in [0.29, 0.717) is 0 Å². The summed E-state index contributed by atoms with van der Waals surface area (Å²) in [5.41, 5.74) is 0.521. The molecule has 3 rings (SSSR count). The number of rotatable bonds is 5. The quantitative estimate of drug-likeness (QED) is 0.580. The van der Waals surface area contributed by atoms with Gasteiger partial charge < -0.3 is 20.1 Å². The molecule has 3 aromatic rings. The van der Waals surface area contributed by atoms with Gasteiger partial charge in [-0.15, -0.1) is 0 Å². The molecule has 0 atom stereocenters. The van der Waals surface area contributed by atoms with Crippen molar-refractivity contribution in [3.8, 4) is 0 Å². The van der Waals surface area contributed by atoms with Crippen molar-refractivity contribution in [1.29, 1.82) is 0 Å². The fraction of sp³-hybridized carbons (Fsp3) is 0.130. The van der Waals surface area contributed by atoms with Crippen LogP contribution in [0.4, 0.5) is 0 Å². The third kappa shape index (κ3) is 6.40. The summed E-state index contributed by atoms with van der Waals surface area (Å²) in [6.45, 7) is 0. The summed E-state index contributed by atoms with van der Waals surface area (Å²) in [6.07, 6.45) is 0. The Hall–Kier alpha value is -4.20. The number of carbonyl (C=O) groups is 3. The first-order valence-corrected chi connectivity index (χ1v) is 9.22. The third-order valence-corrected chi connectivity index (χ3v) is 4.26. The summed E-state index contributed by atoms with van der Waals surface area (Å²) in [7, 11) is 3.59. The van der Waals surface area contributed by atoms with Crippen molar-refractivity contribution in [3.63, 3.8) is 0 Å². The lowest BCUT2D eigenvalue weighted by Gasteiger charge is -2.21. The monoisotopic (exact) mass is 422 g/mol. The number of carbonyl (C=O) groups excluding carboxylic acids is 1. The van der Waals surface area contributed by atoms with Gasteiger partial charge in [-0.05, 0) is 11.1 Å². The maximum atomic E-state index is 12.4. The SMILES string of the molecule is CN(C)C(=O)C(c1ccccc1)c1ccccc1.O=C(O)c1cc(=O)cc(C(=O)O)[nH]1. The molecule has 8 nitrogen and oxygen atoms in total. The van der Waals surface area contributed by atoms with Crippen LogP contribution in [-0.4, -0.2) is 52.0 Å². The number of H-pyrrole nitrogens is 1. The van der Waals surface area contributed by atoms with Gasteiger partial charge in [0.2, 0.25) is 5.91 Å². The highest BCUT2D eigenvalue weighted by atomic mass is 16.4. The minimum atomic E-state index is -1.37. The molecule has 0 saturated heterocycles. The fourth-order valence-electron chi connectivity index (χ4n) is 2.80. The highest BCUT2D eigenvalue weighted by Crippen LogP contribution is 2.25. The zero-order valence-corrected chi connectivity index (χ0v) is 17.0. The number of nitrogens with zero attached hydrogens (tertiary/aromatic N) is 1. The zero-order valence-electron chi connectivity index (χ0n) is 17.0. The van der Waals surface area contributed by atoms with Crippen LogP contribution in [0.2, 0.25) is 0 Å². The molecule has 1 aromatic heterocycles. The maximum Gasteiger partial charge on any atom is 0.352 e. The first kappa shape index (κ1) is 23.1.